The summed E-state index contributed by atoms with van der Waals surface area (Å²) in [5.41, 5.74) is 2.65. The molecule has 0 aliphatic carbocycles. The molecule has 0 saturated heterocycles. The topological polar surface area (TPSA) is 75.9 Å². The number of benzene rings is 1. The molecule has 0 radical (unpaired) electrons. The van der Waals surface area contributed by atoms with Gasteiger partial charge < -0.3 is 10.2 Å². The second-order valence-electron chi connectivity index (χ2n) is 5.81. The second kappa shape index (κ2) is 7.57. The largest absolute Gasteiger partial charge is 0.330 e. The average molecular weight is 336 g/mol. The number of pyridine rings is 1. The van der Waals surface area contributed by atoms with Gasteiger partial charge in [0.05, 0.1) is 17.9 Å². The SMILES string of the molecule is CC(NC(=O)N(C)Cc1ccncc1)c1cn(-c2ccccc2)nn1. The zero-order valence-corrected chi connectivity index (χ0v) is 14.2. The van der Waals surface area contributed by atoms with Crippen molar-refractivity contribution in [2.75, 3.05) is 7.05 Å². The van der Waals surface area contributed by atoms with Crippen molar-refractivity contribution in [1.82, 2.24) is 30.2 Å². The summed E-state index contributed by atoms with van der Waals surface area (Å²) in [6.07, 6.45) is 5.25. The smallest absolute Gasteiger partial charge is 0.317 e. The molecule has 0 saturated carbocycles. The van der Waals surface area contributed by atoms with Crippen molar-refractivity contribution in [3.63, 3.8) is 0 Å². The minimum atomic E-state index is -0.246. The zero-order chi connectivity index (χ0) is 17.6. The molecule has 0 bridgehead atoms. The molecule has 128 valence electrons. The van der Waals surface area contributed by atoms with E-state index in [-0.39, 0.29) is 12.1 Å². The summed E-state index contributed by atoms with van der Waals surface area (Å²) < 4.78 is 1.69. The highest BCUT2D eigenvalue weighted by atomic mass is 16.2. The van der Waals surface area contributed by atoms with Gasteiger partial charge in [-0.3, -0.25) is 4.98 Å². The number of carbonyl (C=O) groups excluding carboxylic acids is 1. The Balaban J connectivity index is 1.61. The van der Waals surface area contributed by atoms with Gasteiger partial charge in [-0.2, -0.15) is 0 Å². The Morgan fingerprint density at radius 3 is 2.64 bits per heavy atom. The van der Waals surface area contributed by atoms with Crippen LogP contribution in [-0.2, 0) is 6.54 Å². The Hall–Kier alpha value is -3.22. The van der Waals surface area contributed by atoms with Gasteiger partial charge in [0.25, 0.3) is 0 Å². The first-order chi connectivity index (χ1) is 12.1. The first kappa shape index (κ1) is 16.6. The molecule has 1 unspecified atom stereocenters. The Morgan fingerprint density at radius 1 is 1.20 bits per heavy atom. The lowest BCUT2D eigenvalue weighted by Crippen LogP contribution is -2.38. The van der Waals surface area contributed by atoms with Crippen molar-refractivity contribution in [2.24, 2.45) is 0 Å². The molecule has 0 aliphatic rings. The number of nitrogens with one attached hydrogen (secondary N) is 1. The maximum absolute atomic E-state index is 12.4. The van der Waals surface area contributed by atoms with Crippen LogP contribution in [0.15, 0.2) is 61.1 Å². The van der Waals surface area contributed by atoms with Crippen LogP contribution in [0, 0.1) is 0 Å². The molecule has 0 aliphatic heterocycles. The Bertz CT molecular complexity index is 818. The molecular weight excluding hydrogens is 316 g/mol. The molecule has 25 heavy (non-hydrogen) atoms. The van der Waals surface area contributed by atoms with E-state index in [1.807, 2.05) is 55.6 Å². The minimum Gasteiger partial charge on any atom is -0.330 e. The van der Waals surface area contributed by atoms with Crippen LogP contribution in [0.3, 0.4) is 0 Å². The summed E-state index contributed by atoms with van der Waals surface area (Å²) in [5.74, 6) is 0. The number of hydrogen-bond acceptors (Lipinski definition) is 4. The average Bonchev–Trinajstić information content (AvgIpc) is 3.13. The molecule has 2 aromatic heterocycles. The van der Waals surface area contributed by atoms with Crippen molar-refractivity contribution >= 4 is 6.03 Å². The molecule has 2 amide bonds. The van der Waals surface area contributed by atoms with Crippen LogP contribution in [0.2, 0.25) is 0 Å². The number of urea groups is 1. The van der Waals surface area contributed by atoms with Gasteiger partial charge in [-0.05, 0) is 36.8 Å². The molecule has 0 spiro atoms. The van der Waals surface area contributed by atoms with Crippen LogP contribution in [-0.4, -0.2) is 38.0 Å². The summed E-state index contributed by atoms with van der Waals surface area (Å²) in [6, 6.07) is 13.1. The van der Waals surface area contributed by atoms with Crippen LogP contribution in [0.1, 0.15) is 24.2 Å². The molecule has 1 atom stereocenters. The lowest BCUT2D eigenvalue weighted by Gasteiger charge is -2.20. The Morgan fingerprint density at radius 2 is 1.92 bits per heavy atom. The minimum absolute atomic E-state index is 0.168. The van der Waals surface area contributed by atoms with Gasteiger partial charge in [-0.15, -0.1) is 5.10 Å². The Kier molecular flexibility index (Phi) is 5.03. The highest BCUT2D eigenvalue weighted by Gasteiger charge is 2.16. The lowest BCUT2D eigenvalue weighted by atomic mass is 10.2. The van der Waals surface area contributed by atoms with E-state index in [1.54, 1.807) is 29.0 Å². The van der Waals surface area contributed by atoms with E-state index in [9.17, 15) is 4.79 Å². The van der Waals surface area contributed by atoms with Gasteiger partial charge in [0.1, 0.15) is 5.69 Å². The molecule has 2 heterocycles. The third-order valence-corrected chi connectivity index (χ3v) is 3.83. The van der Waals surface area contributed by atoms with Crippen LogP contribution in [0.5, 0.6) is 0 Å². The Labute approximate surface area is 146 Å². The first-order valence-electron chi connectivity index (χ1n) is 8.01. The third-order valence-electron chi connectivity index (χ3n) is 3.83. The number of carbonyl (C=O) groups is 1. The lowest BCUT2D eigenvalue weighted by molar-refractivity contribution is 0.203. The van der Waals surface area contributed by atoms with Gasteiger partial charge in [0.2, 0.25) is 0 Å². The maximum atomic E-state index is 12.4. The molecule has 1 N–H and O–H groups in total. The van der Waals surface area contributed by atoms with Crippen molar-refractivity contribution in [1.29, 1.82) is 0 Å². The number of aromatic nitrogens is 4. The standard InChI is InChI=1S/C18H20N6O/c1-14(17-13-24(22-21-17)16-6-4-3-5-7-16)20-18(25)23(2)12-15-8-10-19-11-9-15/h3-11,13-14H,12H2,1-2H3,(H,20,25). The van der Waals surface area contributed by atoms with Crippen LogP contribution in [0.25, 0.3) is 5.69 Å². The number of hydrogen-bond donors (Lipinski definition) is 1. The fourth-order valence-corrected chi connectivity index (χ4v) is 2.39. The molecular formula is C18H20N6O. The monoisotopic (exact) mass is 336 g/mol. The molecule has 7 nitrogen and oxygen atoms in total. The highest BCUT2D eigenvalue weighted by molar-refractivity contribution is 5.74. The van der Waals surface area contributed by atoms with E-state index in [2.05, 4.69) is 20.6 Å². The number of amides is 2. The summed E-state index contributed by atoms with van der Waals surface area (Å²) in [6.45, 7) is 2.40. The molecule has 1 aromatic carbocycles. The van der Waals surface area contributed by atoms with E-state index in [1.165, 1.54) is 0 Å². The highest BCUT2D eigenvalue weighted by Crippen LogP contribution is 2.12. The number of para-hydroxylation sites is 1. The first-order valence-corrected chi connectivity index (χ1v) is 8.01. The van der Waals surface area contributed by atoms with E-state index < -0.39 is 0 Å². The number of rotatable bonds is 5. The fraction of sp³-hybridized carbons (Fsp3) is 0.222. The van der Waals surface area contributed by atoms with Crippen LogP contribution >= 0.6 is 0 Å². The third kappa shape index (κ3) is 4.20. The van der Waals surface area contributed by atoms with Crippen molar-refractivity contribution in [2.45, 2.75) is 19.5 Å². The van der Waals surface area contributed by atoms with E-state index in [4.69, 9.17) is 0 Å². The second-order valence-corrected chi connectivity index (χ2v) is 5.81. The van der Waals surface area contributed by atoms with E-state index >= 15 is 0 Å². The quantitative estimate of drug-likeness (QED) is 0.777. The predicted octanol–water partition coefficient (Wildman–Crippen LogP) is 2.56. The van der Waals surface area contributed by atoms with Gasteiger partial charge in [-0.25, -0.2) is 9.48 Å². The van der Waals surface area contributed by atoms with Gasteiger partial charge in [0.15, 0.2) is 0 Å². The normalized spacial score (nSPS) is 11.8. The van der Waals surface area contributed by atoms with E-state index in [0.29, 0.717) is 12.2 Å². The maximum Gasteiger partial charge on any atom is 0.317 e. The fourth-order valence-electron chi connectivity index (χ4n) is 2.39. The molecule has 3 rings (SSSR count). The zero-order valence-electron chi connectivity index (χ0n) is 14.2. The van der Waals surface area contributed by atoms with Crippen LogP contribution < -0.4 is 5.32 Å². The van der Waals surface area contributed by atoms with E-state index in [0.717, 1.165) is 11.3 Å². The predicted molar refractivity (Wildman–Crippen MR) is 94.0 cm³/mol. The molecule has 0 fully saturated rings. The summed E-state index contributed by atoms with van der Waals surface area (Å²) in [7, 11) is 1.75. The molecule has 3 aromatic rings. The molecule has 7 heteroatoms. The summed E-state index contributed by atoms with van der Waals surface area (Å²) >= 11 is 0. The van der Waals surface area contributed by atoms with Crippen LogP contribution in [0.4, 0.5) is 4.79 Å². The summed E-state index contributed by atoms with van der Waals surface area (Å²) in [4.78, 5) is 17.9. The van der Waals surface area contributed by atoms with Gasteiger partial charge in [0, 0.05) is 26.0 Å². The number of nitrogens with zero attached hydrogens (tertiary/aromatic N) is 5. The van der Waals surface area contributed by atoms with Crippen molar-refractivity contribution in [3.05, 3.63) is 72.3 Å². The van der Waals surface area contributed by atoms with Gasteiger partial charge >= 0.3 is 6.03 Å². The van der Waals surface area contributed by atoms with Crippen molar-refractivity contribution in [3.8, 4) is 5.69 Å². The van der Waals surface area contributed by atoms with Crippen molar-refractivity contribution < 1.29 is 4.79 Å². The summed E-state index contributed by atoms with van der Waals surface area (Å²) in [5, 5.41) is 11.2. The van der Waals surface area contributed by atoms with Gasteiger partial charge in [-0.1, -0.05) is 23.4 Å².